The predicted octanol–water partition coefficient (Wildman–Crippen LogP) is 2.24. The fourth-order valence-electron chi connectivity index (χ4n) is 3.20. The first-order valence-corrected chi connectivity index (χ1v) is 8.49. The molecule has 7 heteroatoms. The molecular formula is C18H21N5O2. The van der Waals surface area contributed by atoms with Crippen molar-refractivity contribution in [2.45, 2.75) is 32.7 Å². The van der Waals surface area contributed by atoms with Gasteiger partial charge >= 0.3 is 0 Å². The zero-order valence-corrected chi connectivity index (χ0v) is 14.5. The molecule has 0 N–H and O–H groups in total. The number of hydrogen-bond donors (Lipinski definition) is 0. The van der Waals surface area contributed by atoms with Crippen LogP contribution in [0.3, 0.4) is 0 Å². The van der Waals surface area contributed by atoms with Crippen molar-refractivity contribution in [3.05, 3.63) is 41.7 Å². The van der Waals surface area contributed by atoms with Crippen LogP contribution in [0.25, 0.3) is 0 Å². The SMILES string of the molecule is CCCc1occc1C(=O)N1CCN(c2nccnc2C#N)CC1C. The van der Waals surface area contributed by atoms with Crippen LogP contribution in [-0.2, 0) is 6.42 Å². The highest BCUT2D eigenvalue weighted by Crippen LogP contribution is 2.22. The van der Waals surface area contributed by atoms with Gasteiger partial charge in [0.05, 0.1) is 11.8 Å². The first-order chi connectivity index (χ1) is 12.2. The summed E-state index contributed by atoms with van der Waals surface area (Å²) in [6.45, 7) is 5.86. The summed E-state index contributed by atoms with van der Waals surface area (Å²) in [5, 5.41) is 9.21. The molecule has 0 bridgehead atoms. The fourth-order valence-corrected chi connectivity index (χ4v) is 3.20. The number of furan rings is 1. The lowest BCUT2D eigenvalue weighted by Crippen LogP contribution is -2.54. The van der Waals surface area contributed by atoms with E-state index in [4.69, 9.17) is 4.42 Å². The molecule has 0 aromatic carbocycles. The number of carbonyl (C=O) groups is 1. The normalized spacial score (nSPS) is 17.4. The third kappa shape index (κ3) is 3.33. The van der Waals surface area contributed by atoms with Gasteiger partial charge in [0.2, 0.25) is 0 Å². The summed E-state index contributed by atoms with van der Waals surface area (Å²) in [7, 11) is 0. The largest absolute Gasteiger partial charge is 0.469 e. The van der Waals surface area contributed by atoms with Crippen molar-refractivity contribution in [2.24, 2.45) is 0 Å². The van der Waals surface area contributed by atoms with Gasteiger partial charge in [0.25, 0.3) is 5.91 Å². The molecule has 0 radical (unpaired) electrons. The highest BCUT2D eigenvalue weighted by atomic mass is 16.3. The van der Waals surface area contributed by atoms with E-state index in [1.807, 2.05) is 16.7 Å². The zero-order valence-electron chi connectivity index (χ0n) is 14.5. The van der Waals surface area contributed by atoms with Gasteiger partial charge < -0.3 is 14.2 Å². The van der Waals surface area contributed by atoms with E-state index in [2.05, 4.69) is 23.0 Å². The Morgan fingerprint density at radius 2 is 2.20 bits per heavy atom. The van der Waals surface area contributed by atoms with Crippen molar-refractivity contribution in [1.29, 1.82) is 5.26 Å². The number of aromatic nitrogens is 2. The summed E-state index contributed by atoms with van der Waals surface area (Å²) in [5.74, 6) is 1.34. The van der Waals surface area contributed by atoms with E-state index >= 15 is 0 Å². The molecule has 1 unspecified atom stereocenters. The molecule has 1 aliphatic rings. The van der Waals surface area contributed by atoms with Gasteiger partial charge in [0.1, 0.15) is 11.8 Å². The zero-order chi connectivity index (χ0) is 17.8. The molecule has 0 aliphatic carbocycles. The van der Waals surface area contributed by atoms with Crippen LogP contribution in [0.1, 0.15) is 42.1 Å². The average Bonchev–Trinajstić information content (AvgIpc) is 3.09. The van der Waals surface area contributed by atoms with Crippen molar-refractivity contribution < 1.29 is 9.21 Å². The third-order valence-electron chi connectivity index (χ3n) is 4.43. The summed E-state index contributed by atoms with van der Waals surface area (Å²) >= 11 is 0. The van der Waals surface area contributed by atoms with Gasteiger partial charge in [-0.15, -0.1) is 0 Å². The summed E-state index contributed by atoms with van der Waals surface area (Å²) < 4.78 is 5.46. The quantitative estimate of drug-likeness (QED) is 0.849. The van der Waals surface area contributed by atoms with Crippen LogP contribution in [0.4, 0.5) is 5.82 Å². The molecule has 25 heavy (non-hydrogen) atoms. The molecule has 1 amide bonds. The van der Waals surface area contributed by atoms with Crippen LogP contribution in [0.2, 0.25) is 0 Å². The molecule has 7 nitrogen and oxygen atoms in total. The van der Waals surface area contributed by atoms with Crippen LogP contribution in [0.15, 0.2) is 29.1 Å². The maximum absolute atomic E-state index is 12.9. The van der Waals surface area contributed by atoms with Crippen molar-refractivity contribution >= 4 is 11.7 Å². The number of amides is 1. The number of anilines is 1. The maximum atomic E-state index is 12.9. The lowest BCUT2D eigenvalue weighted by molar-refractivity contribution is 0.0671. The molecule has 2 aromatic rings. The number of nitriles is 1. The minimum Gasteiger partial charge on any atom is -0.469 e. The number of carbonyl (C=O) groups excluding carboxylic acids is 1. The molecule has 0 spiro atoms. The second-order valence-electron chi connectivity index (χ2n) is 6.14. The maximum Gasteiger partial charge on any atom is 0.257 e. The number of rotatable bonds is 4. The van der Waals surface area contributed by atoms with Crippen LogP contribution in [-0.4, -0.2) is 46.5 Å². The molecule has 1 fully saturated rings. The Balaban J connectivity index is 1.75. The summed E-state index contributed by atoms with van der Waals surface area (Å²) in [4.78, 5) is 25.1. The van der Waals surface area contributed by atoms with E-state index in [0.29, 0.717) is 36.7 Å². The van der Waals surface area contributed by atoms with E-state index in [1.54, 1.807) is 18.5 Å². The topological polar surface area (TPSA) is 86.3 Å². The van der Waals surface area contributed by atoms with Gasteiger partial charge in [-0.25, -0.2) is 9.97 Å². The Kier molecular flexibility index (Phi) is 4.98. The Hall–Kier alpha value is -2.88. The van der Waals surface area contributed by atoms with E-state index in [9.17, 15) is 10.1 Å². The van der Waals surface area contributed by atoms with E-state index in [-0.39, 0.29) is 11.9 Å². The third-order valence-corrected chi connectivity index (χ3v) is 4.43. The van der Waals surface area contributed by atoms with Crippen molar-refractivity contribution in [2.75, 3.05) is 24.5 Å². The van der Waals surface area contributed by atoms with Gasteiger partial charge in [0, 0.05) is 44.5 Å². The first kappa shape index (κ1) is 17.0. The van der Waals surface area contributed by atoms with Gasteiger partial charge in [-0.05, 0) is 19.4 Å². The van der Waals surface area contributed by atoms with Crippen LogP contribution in [0, 0.1) is 11.3 Å². The lowest BCUT2D eigenvalue weighted by Gasteiger charge is -2.40. The molecule has 1 aliphatic heterocycles. The molecule has 1 saturated heterocycles. The van der Waals surface area contributed by atoms with Crippen molar-refractivity contribution in [3.63, 3.8) is 0 Å². The van der Waals surface area contributed by atoms with Crippen LogP contribution < -0.4 is 4.90 Å². The van der Waals surface area contributed by atoms with Gasteiger partial charge in [-0.3, -0.25) is 4.79 Å². The minimum atomic E-state index is -0.000763. The van der Waals surface area contributed by atoms with Gasteiger partial charge in [-0.1, -0.05) is 6.92 Å². The summed E-state index contributed by atoms with van der Waals surface area (Å²) in [6, 6.07) is 3.83. The Morgan fingerprint density at radius 3 is 2.92 bits per heavy atom. The monoisotopic (exact) mass is 339 g/mol. The fraction of sp³-hybridized carbons (Fsp3) is 0.444. The molecule has 3 heterocycles. The second-order valence-corrected chi connectivity index (χ2v) is 6.14. The molecular weight excluding hydrogens is 318 g/mol. The molecule has 0 saturated carbocycles. The van der Waals surface area contributed by atoms with E-state index in [0.717, 1.165) is 18.6 Å². The predicted molar refractivity (Wildman–Crippen MR) is 92.2 cm³/mol. The lowest BCUT2D eigenvalue weighted by atomic mass is 10.1. The van der Waals surface area contributed by atoms with Crippen molar-refractivity contribution in [3.8, 4) is 6.07 Å². The molecule has 3 rings (SSSR count). The standard InChI is InChI=1S/C18H21N5O2/c1-3-4-16-14(5-10-25-16)18(24)23-9-8-22(12-13(23)2)17-15(11-19)20-6-7-21-17/h5-7,10,13H,3-4,8-9,12H2,1-2H3. The molecule has 130 valence electrons. The highest BCUT2D eigenvalue weighted by Gasteiger charge is 2.31. The molecule has 1 atom stereocenters. The first-order valence-electron chi connectivity index (χ1n) is 8.49. The summed E-state index contributed by atoms with van der Waals surface area (Å²) in [6.07, 6.45) is 6.37. The van der Waals surface area contributed by atoms with Crippen molar-refractivity contribution in [1.82, 2.24) is 14.9 Å². The van der Waals surface area contributed by atoms with E-state index < -0.39 is 0 Å². The Labute approximate surface area is 146 Å². The van der Waals surface area contributed by atoms with Crippen LogP contribution in [0.5, 0.6) is 0 Å². The Bertz CT molecular complexity index is 795. The number of aryl methyl sites for hydroxylation is 1. The highest BCUT2D eigenvalue weighted by molar-refractivity contribution is 5.95. The number of hydrogen-bond acceptors (Lipinski definition) is 6. The smallest absolute Gasteiger partial charge is 0.257 e. The number of nitrogens with zero attached hydrogens (tertiary/aromatic N) is 5. The van der Waals surface area contributed by atoms with Crippen LogP contribution >= 0.6 is 0 Å². The minimum absolute atomic E-state index is 0.000763. The van der Waals surface area contributed by atoms with Gasteiger partial charge in [0.15, 0.2) is 11.5 Å². The Morgan fingerprint density at radius 1 is 1.40 bits per heavy atom. The van der Waals surface area contributed by atoms with E-state index in [1.165, 1.54) is 6.20 Å². The number of piperazine rings is 1. The van der Waals surface area contributed by atoms with Gasteiger partial charge in [-0.2, -0.15) is 5.26 Å². The summed E-state index contributed by atoms with van der Waals surface area (Å²) in [5.41, 5.74) is 0.967. The molecule has 2 aromatic heterocycles. The second kappa shape index (κ2) is 7.34. The average molecular weight is 339 g/mol.